The zero-order valence-electron chi connectivity index (χ0n) is 22.5. The fourth-order valence-corrected chi connectivity index (χ4v) is 4.64. The van der Waals surface area contributed by atoms with Crippen molar-refractivity contribution in [2.75, 3.05) is 29.5 Å². The van der Waals surface area contributed by atoms with E-state index >= 15 is 0 Å². The summed E-state index contributed by atoms with van der Waals surface area (Å²) in [4.78, 5) is 77.6. The molecule has 228 valence electrons. The van der Waals surface area contributed by atoms with E-state index in [1.807, 2.05) is 5.43 Å². The number of anilines is 2. The minimum Gasteiger partial charge on any atom is -0.505 e. The molecule has 7 N–H and O–H groups in total. The molecule has 0 radical (unpaired) electrons. The summed E-state index contributed by atoms with van der Waals surface area (Å²) in [6.45, 7) is -0.696. The topological polar surface area (TPSA) is 224 Å². The molecule has 0 unspecified atom stereocenters. The fraction of sp³-hybridized carbons (Fsp3) is 0.269. The first-order valence-corrected chi connectivity index (χ1v) is 13.3. The number of aliphatic hydroxyl groups excluding tert-OH is 1. The van der Waals surface area contributed by atoms with Crippen molar-refractivity contribution in [2.24, 2.45) is 10.8 Å². The summed E-state index contributed by atoms with van der Waals surface area (Å²) in [6.07, 6.45) is 0.885. The number of aromatic hydroxyl groups is 1. The summed E-state index contributed by atoms with van der Waals surface area (Å²) in [5.74, 6) is -3.95. The second-order valence-corrected chi connectivity index (χ2v) is 10.0. The number of primary amides is 1. The molecule has 0 fully saturated rings. The first-order chi connectivity index (χ1) is 20.3. The Morgan fingerprint density at radius 1 is 1.14 bits per heavy atom. The van der Waals surface area contributed by atoms with Gasteiger partial charge in [0.1, 0.15) is 25.0 Å². The number of fused-ring (bicyclic) bond motifs is 1. The lowest BCUT2D eigenvalue weighted by Crippen LogP contribution is -2.55. The predicted molar refractivity (Wildman–Crippen MR) is 156 cm³/mol. The van der Waals surface area contributed by atoms with E-state index in [1.165, 1.54) is 19.1 Å². The molecule has 17 heteroatoms. The molecule has 1 aliphatic rings. The average molecular weight is 636 g/mol. The minimum atomic E-state index is -1.44. The number of para-hydroxylation sites is 2. The van der Waals surface area contributed by atoms with Crippen molar-refractivity contribution in [3.8, 4) is 5.75 Å². The molecule has 43 heavy (non-hydrogen) atoms. The second kappa shape index (κ2) is 14.4. The predicted octanol–water partition coefficient (Wildman–Crippen LogP) is 0.288. The van der Waals surface area contributed by atoms with Crippen LogP contribution in [0.15, 0.2) is 41.5 Å². The number of hydrogen-bond donors (Lipinski definition) is 6. The highest BCUT2D eigenvalue weighted by molar-refractivity contribution is 6.37. The smallest absolute Gasteiger partial charge is 0.332 e. The molecule has 0 bridgehead atoms. The van der Waals surface area contributed by atoms with E-state index in [0.717, 1.165) is 28.1 Å². The van der Waals surface area contributed by atoms with Gasteiger partial charge in [0.25, 0.3) is 17.7 Å². The van der Waals surface area contributed by atoms with Crippen LogP contribution in [0, 0.1) is 0 Å². The monoisotopic (exact) mass is 635 g/mol. The zero-order valence-corrected chi connectivity index (χ0v) is 24.1. The third kappa shape index (κ3) is 8.41. The van der Waals surface area contributed by atoms with Crippen molar-refractivity contribution >= 4 is 76.2 Å². The third-order valence-electron chi connectivity index (χ3n) is 6.00. The van der Waals surface area contributed by atoms with Crippen LogP contribution in [0.5, 0.6) is 5.75 Å². The Balaban J connectivity index is 1.96. The SMILES string of the molecule is CC(=O)C[C@@H](/C=N/NC(N)=O)NC(=O)CN1C(=O)[C@@H](NC(=O)c2cc(Cl)c(O)c(Cl)c2)CN(C(=O)CO)c2ccccc21. The standard InChI is InChI=1S/C26H27Cl2N7O8/c1-13(37)6-15(9-30-33-26(29)43)31-21(38)11-35-20-5-3-2-4-19(20)34(22(39)12-36)10-18(25(35)42)32-24(41)14-7-16(27)23(40)17(28)8-14/h2-5,7-9,15,18,36,40H,6,10-12H2,1H3,(H,31,38)(H,32,41)(H3,29,33,43)/b30-9+/t15-,18-/m0/s1. The molecular formula is C26H27Cl2N7O8. The average Bonchev–Trinajstić information content (AvgIpc) is 3.05. The van der Waals surface area contributed by atoms with Gasteiger partial charge in [-0.2, -0.15) is 5.10 Å². The molecule has 1 aliphatic heterocycles. The van der Waals surface area contributed by atoms with E-state index in [1.54, 1.807) is 12.1 Å². The minimum absolute atomic E-state index is 0.109. The number of phenolic OH excluding ortho intramolecular Hbond substituents is 1. The Morgan fingerprint density at radius 3 is 2.35 bits per heavy atom. The van der Waals surface area contributed by atoms with E-state index in [9.17, 15) is 39.0 Å². The van der Waals surface area contributed by atoms with E-state index in [0.29, 0.717) is 0 Å². The molecule has 6 amide bonds. The summed E-state index contributed by atoms with van der Waals surface area (Å²) >= 11 is 11.9. The van der Waals surface area contributed by atoms with Gasteiger partial charge in [-0.25, -0.2) is 10.2 Å². The molecule has 0 aliphatic carbocycles. The van der Waals surface area contributed by atoms with Gasteiger partial charge in [0, 0.05) is 18.2 Å². The van der Waals surface area contributed by atoms with Crippen molar-refractivity contribution < 1.29 is 39.0 Å². The van der Waals surface area contributed by atoms with Gasteiger partial charge in [-0.05, 0) is 31.2 Å². The highest BCUT2D eigenvalue weighted by atomic mass is 35.5. The first kappa shape index (κ1) is 32.8. The highest BCUT2D eigenvalue weighted by Crippen LogP contribution is 2.34. The molecule has 15 nitrogen and oxygen atoms in total. The Kier molecular flexibility index (Phi) is 11.0. The van der Waals surface area contributed by atoms with Crippen LogP contribution in [-0.2, 0) is 19.2 Å². The molecule has 1 heterocycles. The lowest BCUT2D eigenvalue weighted by molar-refractivity contribution is -0.125. The van der Waals surface area contributed by atoms with Crippen LogP contribution in [0.1, 0.15) is 23.7 Å². The number of nitrogens with two attached hydrogens (primary N) is 1. The number of halogens is 2. The van der Waals surface area contributed by atoms with Crippen molar-refractivity contribution in [3.63, 3.8) is 0 Å². The lowest BCUT2D eigenvalue weighted by Gasteiger charge is -2.25. The number of hydrogen-bond acceptors (Lipinski definition) is 9. The summed E-state index contributed by atoms with van der Waals surface area (Å²) in [5.41, 5.74) is 7.10. The molecule has 2 atom stereocenters. The van der Waals surface area contributed by atoms with E-state index < -0.39 is 67.2 Å². The highest BCUT2D eigenvalue weighted by Gasteiger charge is 2.38. The number of Topliss-reactive ketones (excluding diaryl/α,β-unsaturated/α-hetero) is 1. The van der Waals surface area contributed by atoms with Gasteiger partial charge in [0.05, 0.1) is 34.0 Å². The normalized spacial score (nSPS) is 15.3. The van der Waals surface area contributed by atoms with Crippen LogP contribution >= 0.6 is 23.2 Å². The van der Waals surface area contributed by atoms with Gasteiger partial charge in [-0.3, -0.25) is 28.9 Å². The van der Waals surface area contributed by atoms with Crippen LogP contribution in [0.2, 0.25) is 10.0 Å². The zero-order chi connectivity index (χ0) is 31.8. The van der Waals surface area contributed by atoms with Crippen LogP contribution in [-0.4, -0.2) is 83.7 Å². The van der Waals surface area contributed by atoms with Crippen molar-refractivity contribution in [1.29, 1.82) is 0 Å². The third-order valence-corrected chi connectivity index (χ3v) is 6.57. The maximum absolute atomic E-state index is 13.9. The van der Waals surface area contributed by atoms with Gasteiger partial charge in [0.15, 0.2) is 5.75 Å². The van der Waals surface area contributed by atoms with Crippen molar-refractivity contribution in [1.82, 2.24) is 16.1 Å². The molecule has 0 saturated carbocycles. The quantitative estimate of drug-likeness (QED) is 0.157. The lowest BCUT2D eigenvalue weighted by atomic mass is 10.1. The number of ketones is 1. The Morgan fingerprint density at radius 2 is 1.77 bits per heavy atom. The van der Waals surface area contributed by atoms with E-state index in [-0.39, 0.29) is 39.2 Å². The van der Waals surface area contributed by atoms with E-state index in [2.05, 4.69) is 15.7 Å². The van der Waals surface area contributed by atoms with Gasteiger partial charge in [0.2, 0.25) is 5.91 Å². The first-order valence-electron chi connectivity index (χ1n) is 12.5. The van der Waals surface area contributed by atoms with Crippen molar-refractivity contribution in [2.45, 2.75) is 25.4 Å². The largest absolute Gasteiger partial charge is 0.505 e. The van der Waals surface area contributed by atoms with Gasteiger partial charge >= 0.3 is 6.03 Å². The number of benzene rings is 2. The fourth-order valence-electron chi connectivity index (χ4n) is 4.15. The van der Waals surface area contributed by atoms with Crippen LogP contribution in [0.25, 0.3) is 0 Å². The molecule has 0 aromatic heterocycles. The summed E-state index contributed by atoms with van der Waals surface area (Å²) in [7, 11) is 0. The number of amides is 6. The van der Waals surface area contributed by atoms with Crippen LogP contribution in [0.3, 0.4) is 0 Å². The maximum Gasteiger partial charge on any atom is 0.332 e. The number of hydrazone groups is 1. The Hall–Kier alpha value is -4.73. The van der Waals surface area contributed by atoms with Crippen LogP contribution in [0.4, 0.5) is 16.2 Å². The summed E-state index contributed by atoms with van der Waals surface area (Å²) in [6, 6.07) is 4.94. The van der Waals surface area contributed by atoms with Crippen molar-refractivity contribution in [3.05, 3.63) is 52.0 Å². The number of nitrogens with one attached hydrogen (secondary N) is 3. The van der Waals surface area contributed by atoms with Gasteiger partial charge < -0.3 is 31.5 Å². The van der Waals surface area contributed by atoms with E-state index in [4.69, 9.17) is 28.9 Å². The number of urea groups is 1. The molecular weight excluding hydrogens is 609 g/mol. The van der Waals surface area contributed by atoms with Gasteiger partial charge in [-0.1, -0.05) is 35.3 Å². The molecule has 0 saturated heterocycles. The molecule has 2 aromatic rings. The maximum atomic E-state index is 13.9. The Labute approximate surface area is 254 Å². The number of nitrogens with zero attached hydrogens (tertiary/aromatic N) is 3. The Bertz CT molecular complexity index is 1460. The molecule has 3 rings (SSSR count). The van der Waals surface area contributed by atoms with Crippen LogP contribution < -0.4 is 31.6 Å². The number of rotatable bonds is 10. The number of carbonyl (C=O) groups excluding carboxylic acids is 6. The second-order valence-electron chi connectivity index (χ2n) is 9.22. The number of phenols is 1. The number of carbonyl (C=O) groups is 6. The summed E-state index contributed by atoms with van der Waals surface area (Å²) < 4.78 is 0. The molecule has 2 aromatic carbocycles. The number of aliphatic hydroxyl groups is 1. The summed E-state index contributed by atoms with van der Waals surface area (Å²) in [5, 5.41) is 27.6. The van der Waals surface area contributed by atoms with Gasteiger partial charge in [-0.15, -0.1) is 0 Å². The molecule has 0 spiro atoms.